The molecule has 0 amide bonds. The first kappa shape index (κ1) is 15.7. The van der Waals surface area contributed by atoms with Gasteiger partial charge in [-0.2, -0.15) is 0 Å². The molecule has 0 aliphatic heterocycles. The van der Waals surface area contributed by atoms with E-state index in [9.17, 15) is 0 Å². The van der Waals surface area contributed by atoms with E-state index in [-0.39, 0.29) is 0 Å². The molecule has 0 aromatic rings. The van der Waals surface area contributed by atoms with Gasteiger partial charge in [0.1, 0.15) is 0 Å². The average molecular weight is 245 g/mol. The van der Waals surface area contributed by atoms with Gasteiger partial charge in [0.15, 0.2) is 5.11 Å². The van der Waals surface area contributed by atoms with Gasteiger partial charge in [0.05, 0.1) is 0 Å². The normalized spacial score (nSPS) is 10.6. The van der Waals surface area contributed by atoms with Crippen LogP contribution in [0.3, 0.4) is 0 Å². The lowest BCUT2D eigenvalue weighted by Crippen LogP contribution is -2.41. The van der Waals surface area contributed by atoms with Crippen LogP contribution in [-0.2, 0) is 0 Å². The largest absolute Gasteiger partial charge is 0.363 e. The first-order valence-corrected chi connectivity index (χ1v) is 6.70. The second kappa shape index (κ2) is 9.85. The Hall–Kier alpha value is -0.350. The molecule has 0 unspecified atom stereocenters. The summed E-state index contributed by atoms with van der Waals surface area (Å²) >= 11 is 5.37. The zero-order chi connectivity index (χ0) is 12.4. The standard InChI is InChI=1S/C12H27N3S/c1-5-7-9-13-12(16)15(6-2)11-8-10-14(3)4/h5-11H2,1-4H3,(H,13,16). The Bertz CT molecular complexity index is 183. The number of hydrogen-bond acceptors (Lipinski definition) is 2. The number of nitrogens with one attached hydrogen (secondary N) is 1. The molecular formula is C12H27N3S. The molecule has 0 atom stereocenters. The van der Waals surface area contributed by atoms with Gasteiger partial charge in [-0.25, -0.2) is 0 Å². The van der Waals surface area contributed by atoms with Gasteiger partial charge >= 0.3 is 0 Å². The molecule has 0 radical (unpaired) electrons. The first-order valence-electron chi connectivity index (χ1n) is 6.29. The van der Waals surface area contributed by atoms with Crippen molar-refractivity contribution in [3.63, 3.8) is 0 Å². The van der Waals surface area contributed by atoms with E-state index in [2.05, 4.69) is 43.1 Å². The summed E-state index contributed by atoms with van der Waals surface area (Å²) in [6, 6.07) is 0. The summed E-state index contributed by atoms with van der Waals surface area (Å²) in [6.45, 7) is 8.51. The lowest BCUT2D eigenvalue weighted by Gasteiger charge is -2.25. The van der Waals surface area contributed by atoms with E-state index in [0.29, 0.717) is 0 Å². The fraction of sp³-hybridized carbons (Fsp3) is 0.917. The zero-order valence-corrected chi connectivity index (χ0v) is 12.1. The van der Waals surface area contributed by atoms with Crippen molar-refractivity contribution < 1.29 is 0 Å². The monoisotopic (exact) mass is 245 g/mol. The maximum Gasteiger partial charge on any atom is 0.168 e. The third kappa shape index (κ3) is 7.88. The number of unbranched alkanes of at least 4 members (excludes halogenated alkanes) is 1. The minimum atomic E-state index is 0.912. The lowest BCUT2D eigenvalue weighted by molar-refractivity contribution is 0.352. The molecule has 0 saturated carbocycles. The minimum Gasteiger partial charge on any atom is -0.363 e. The molecule has 16 heavy (non-hydrogen) atoms. The van der Waals surface area contributed by atoms with E-state index >= 15 is 0 Å². The highest BCUT2D eigenvalue weighted by Gasteiger charge is 2.06. The summed E-state index contributed by atoms with van der Waals surface area (Å²) in [4.78, 5) is 4.45. The molecule has 0 rings (SSSR count). The van der Waals surface area contributed by atoms with Gasteiger partial charge in [0, 0.05) is 19.6 Å². The smallest absolute Gasteiger partial charge is 0.168 e. The molecular weight excluding hydrogens is 218 g/mol. The maximum atomic E-state index is 5.37. The second-order valence-electron chi connectivity index (χ2n) is 4.32. The van der Waals surface area contributed by atoms with Crippen molar-refractivity contribution in [2.75, 3.05) is 40.3 Å². The Morgan fingerprint density at radius 3 is 2.31 bits per heavy atom. The van der Waals surface area contributed by atoms with Gasteiger partial charge in [-0.1, -0.05) is 13.3 Å². The SMILES string of the molecule is CCCCNC(=S)N(CC)CCCN(C)C. The van der Waals surface area contributed by atoms with Crippen molar-refractivity contribution in [1.29, 1.82) is 0 Å². The fourth-order valence-corrected chi connectivity index (χ4v) is 1.79. The molecule has 3 nitrogen and oxygen atoms in total. The first-order chi connectivity index (χ1) is 7.61. The van der Waals surface area contributed by atoms with Crippen molar-refractivity contribution >= 4 is 17.3 Å². The van der Waals surface area contributed by atoms with Crippen LogP contribution in [0.15, 0.2) is 0 Å². The van der Waals surface area contributed by atoms with Crippen LogP contribution in [0.2, 0.25) is 0 Å². The molecule has 0 fully saturated rings. The highest BCUT2D eigenvalue weighted by molar-refractivity contribution is 7.80. The van der Waals surface area contributed by atoms with Crippen molar-refractivity contribution in [2.24, 2.45) is 0 Å². The Kier molecular flexibility index (Phi) is 9.63. The zero-order valence-electron chi connectivity index (χ0n) is 11.3. The molecule has 4 heteroatoms. The number of nitrogens with zero attached hydrogens (tertiary/aromatic N) is 2. The van der Waals surface area contributed by atoms with Gasteiger partial charge in [0.2, 0.25) is 0 Å². The van der Waals surface area contributed by atoms with E-state index in [4.69, 9.17) is 12.2 Å². The average Bonchev–Trinajstić information content (AvgIpc) is 2.24. The summed E-state index contributed by atoms with van der Waals surface area (Å²) in [6.07, 6.45) is 3.56. The summed E-state index contributed by atoms with van der Waals surface area (Å²) in [5.74, 6) is 0. The Morgan fingerprint density at radius 2 is 1.81 bits per heavy atom. The molecule has 0 spiro atoms. The summed E-state index contributed by atoms with van der Waals surface area (Å²) in [5, 5.41) is 4.23. The maximum absolute atomic E-state index is 5.37. The van der Waals surface area contributed by atoms with Crippen LogP contribution in [0.25, 0.3) is 0 Å². The molecule has 1 N–H and O–H groups in total. The quantitative estimate of drug-likeness (QED) is 0.520. The minimum absolute atomic E-state index is 0.912. The Balaban J connectivity index is 3.74. The topological polar surface area (TPSA) is 18.5 Å². The van der Waals surface area contributed by atoms with Crippen LogP contribution >= 0.6 is 12.2 Å². The van der Waals surface area contributed by atoms with Crippen molar-refractivity contribution in [2.45, 2.75) is 33.1 Å². The van der Waals surface area contributed by atoms with Crippen LogP contribution in [-0.4, -0.2) is 55.2 Å². The number of rotatable bonds is 8. The molecule has 96 valence electrons. The Labute approximate surface area is 106 Å². The van der Waals surface area contributed by atoms with Crippen LogP contribution in [0.1, 0.15) is 33.1 Å². The summed E-state index contributed by atoms with van der Waals surface area (Å²) in [7, 11) is 4.21. The van der Waals surface area contributed by atoms with Crippen LogP contribution in [0.5, 0.6) is 0 Å². The molecule has 0 aliphatic rings. The molecule has 0 aliphatic carbocycles. The summed E-state index contributed by atoms with van der Waals surface area (Å²) < 4.78 is 0. The second-order valence-corrected chi connectivity index (χ2v) is 4.71. The third-order valence-corrected chi connectivity index (χ3v) is 2.91. The van der Waals surface area contributed by atoms with E-state index in [1.807, 2.05) is 0 Å². The van der Waals surface area contributed by atoms with Gasteiger partial charge in [-0.3, -0.25) is 0 Å². The van der Waals surface area contributed by atoms with E-state index in [1.54, 1.807) is 0 Å². The highest BCUT2D eigenvalue weighted by atomic mass is 32.1. The highest BCUT2D eigenvalue weighted by Crippen LogP contribution is 1.95. The van der Waals surface area contributed by atoms with Gasteiger partial charge in [0.25, 0.3) is 0 Å². The predicted molar refractivity (Wildman–Crippen MR) is 75.9 cm³/mol. The van der Waals surface area contributed by atoms with E-state index in [0.717, 1.165) is 37.7 Å². The van der Waals surface area contributed by atoms with Gasteiger partial charge in [-0.05, 0) is 52.6 Å². The third-order valence-electron chi connectivity index (χ3n) is 2.51. The van der Waals surface area contributed by atoms with E-state index < -0.39 is 0 Å². The molecule has 0 aromatic heterocycles. The molecule has 0 heterocycles. The predicted octanol–water partition coefficient (Wildman–Crippen LogP) is 1.93. The lowest BCUT2D eigenvalue weighted by atomic mass is 10.3. The Morgan fingerprint density at radius 1 is 1.12 bits per heavy atom. The van der Waals surface area contributed by atoms with Crippen LogP contribution < -0.4 is 5.32 Å². The van der Waals surface area contributed by atoms with Crippen molar-refractivity contribution in [3.8, 4) is 0 Å². The van der Waals surface area contributed by atoms with Gasteiger partial charge in [-0.15, -0.1) is 0 Å². The fourth-order valence-electron chi connectivity index (χ4n) is 1.46. The van der Waals surface area contributed by atoms with Crippen LogP contribution in [0, 0.1) is 0 Å². The summed E-state index contributed by atoms with van der Waals surface area (Å²) in [5.41, 5.74) is 0. The van der Waals surface area contributed by atoms with E-state index in [1.165, 1.54) is 12.8 Å². The molecule has 0 bridgehead atoms. The van der Waals surface area contributed by atoms with Crippen molar-refractivity contribution in [3.05, 3.63) is 0 Å². The number of thiocarbonyl (C=S) groups is 1. The molecule has 0 aromatic carbocycles. The van der Waals surface area contributed by atoms with Gasteiger partial charge < -0.3 is 15.1 Å². The van der Waals surface area contributed by atoms with Crippen molar-refractivity contribution in [1.82, 2.24) is 15.1 Å². The molecule has 0 saturated heterocycles. The number of hydrogen-bond donors (Lipinski definition) is 1. The van der Waals surface area contributed by atoms with Crippen LogP contribution in [0.4, 0.5) is 0 Å².